The zero-order valence-corrected chi connectivity index (χ0v) is 16.9. The van der Waals surface area contributed by atoms with Gasteiger partial charge in [0.25, 0.3) is 5.91 Å². The number of carbonyl (C=O) groups is 1. The van der Waals surface area contributed by atoms with Crippen molar-refractivity contribution in [2.24, 2.45) is 5.10 Å². The summed E-state index contributed by atoms with van der Waals surface area (Å²) >= 11 is 0. The van der Waals surface area contributed by atoms with Crippen molar-refractivity contribution in [2.75, 3.05) is 6.61 Å². The summed E-state index contributed by atoms with van der Waals surface area (Å²) in [6.07, 6.45) is 1.58. The zero-order valence-electron chi connectivity index (χ0n) is 16.9. The topological polar surface area (TPSA) is 59.9 Å². The van der Waals surface area contributed by atoms with Crippen LogP contribution in [0, 0.1) is 0 Å². The number of nitrogens with zero attached hydrogens (tertiary/aromatic N) is 1. The van der Waals surface area contributed by atoms with Crippen molar-refractivity contribution in [1.82, 2.24) is 5.43 Å². The Bertz CT molecular complexity index is 1170. The monoisotopic (exact) mass is 410 g/mol. The van der Waals surface area contributed by atoms with Crippen LogP contribution in [0.3, 0.4) is 0 Å². The molecular formula is C26H22N2O3. The molecule has 0 spiro atoms. The van der Waals surface area contributed by atoms with Gasteiger partial charge >= 0.3 is 0 Å². The van der Waals surface area contributed by atoms with Crippen LogP contribution in [0.5, 0.6) is 11.5 Å². The lowest BCUT2D eigenvalue weighted by Crippen LogP contribution is -2.24. The summed E-state index contributed by atoms with van der Waals surface area (Å²) < 4.78 is 11.3. The number of carbonyl (C=O) groups excluding carboxylic acids is 1. The molecule has 4 rings (SSSR count). The fourth-order valence-electron chi connectivity index (χ4n) is 3.01. The van der Waals surface area contributed by atoms with Crippen LogP contribution >= 0.6 is 0 Å². The molecule has 0 unspecified atom stereocenters. The van der Waals surface area contributed by atoms with Gasteiger partial charge in [-0.3, -0.25) is 4.79 Å². The van der Waals surface area contributed by atoms with Crippen LogP contribution in [0.2, 0.25) is 0 Å². The quantitative estimate of drug-likeness (QED) is 0.330. The van der Waals surface area contributed by atoms with Crippen molar-refractivity contribution in [3.8, 4) is 11.5 Å². The second-order valence-corrected chi connectivity index (χ2v) is 6.93. The first-order valence-electron chi connectivity index (χ1n) is 9.96. The zero-order chi connectivity index (χ0) is 21.3. The molecule has 0 radical (unpaired) electrons. The Balaban J connectivity index is 1.22. The molecule has 31 heavy (non-hydrogen) atoms. The van der Waals surface area contributed by atoms with Gasteiger partial charge < -0.3 is 9.47 Å². The van der Waals surface area contributed by atoms with Crippen molar-refractivity contribution in [3.05, 3.63) is 108 Å². The normalized spacial score (nSPS) is 10.8. The molecule has 1 N–H and O–H groups in total. The minimum Gasteiger partial charge on any atom is -0.489 e. The molecule has 0 saturated heterocycles. The Hall–Kier alpha value is -4.12. The third kappa shape index (κ3) is 5.93. The summed E-state index contributed by atoms with van der Waals surface area (Å²) in [5.41, 5.74) is 4.44. The molecule has 0 aliphatic carbocycles. The summed E-state index contributed by atoms with van der Waals surface area (Å²) in [5, 5.41) is 6.17. The van der Waals surface area contributed by atoms with Gasteiger partial charge in [-0.1, -0.05) is 60.7 Å². The lowest BCUT2D eigenvalue weighted by atomic mass is 10.1. The van der Waals surface area contributed by atoms with Crippen molar-refractivity contribution < 1.29 is 14.3 Å². The highest BCUT2D eigenvalue weighted by Crippen LogP contribution is 2.20. The second-order valence-electron chi connectivity index (χ2n) is 6.93. The summed E-state index contributed by atoms with van der Waals surface area (Å²) in [6, 6.07) is 31.2. The predicted molar refractivity (Wildman–Crippen MR) is 122 cm³/mol. The van der Waals surface area contributed by atoms with Gasteiger partial charge in [-0.05, 0) is 58.3 Å². The van der Waals surface area contributed by atoms with Gasteiger partial charge in [-0.15, -0.1) is 0 Å². The van der Waals surface area contributed by atoms with Gasteiger partial charge in [0.05, 0.1) is 6.21 Å². The number of ether oxygens (including phenoxy) is 2. The number of hydrogen-bond donors (Lipinski definition) is 1. The maximum absolute atomic E-state index is 12.0. The van der Waals surface area contributed by atoms with Gasteiger partial charge in [-0.2, -0.15) is 5.10 Å². The fourth-order valence-corrected chi connectivity index (χ4v) is 3.01. The van der Waals surface area contributed by atoms with Gasteiger partial charge in [0, 0.05) is 0 Å². The molecular weight excluding hydrogens is 388 g/mol. The number of hydrazone groups is 1. The number of hydrogen-bond acceptors (Lipinski definition) is 4. The van der Waals surface area contributed by atoms with E-state index in [4.69, 9.17) is 9.47 Å². The molecule has 0 atom stereocenters. The van der Waals surface area contributed by atoms with E-state index < -0.39 is 0 Å². The maximum Gasteiger partial charge on any atom is 0.277 e. The van der Waals surface area contributed by atoms with Crippen LogP contribution in [0.1, 0.15) is 11.1 Å². The molecule has 0 heterocycles. The molecule has 4 aromatic carbocycles. The first-order valence-corrected chi connectivity index (χ1v) is 9.96. The first kappa shape index (κ1) is 20.2. The van der Waals surface area contributed by atoms with Crippen LogP contribution in [0.25, 0.3) is 10.8 Å². The van der Waals surface area contributed by atoms with E-state index in [0.717, 1.165) is 27.6 Å². The van der Waals surface area contributed by atoms with E-state index in [-0.39, 0.29) is 12.5 Å². The van der Waals surface area contributed by atoms with Crippen LogP contribution in [-0.4, -0.2) is 18.7 Å². The standard InChI is InChI=1S/C26H22N2O3/c29-26(19-31-25-15-12-22-8-4-5-9-23(22)16-25)28-27-17-20-10-13-24(14-11-20)30-18-21-6-2-1-3-7-21/h1-17H,18-19H2,(H,28,29). The Morgan fingerprint density at radius 2 is 1.48 bits per heavy atom. The average Bonchev–Trinajstić information content (AvgIpc) is 2.83. The highest BCUT2D eigenvalue weighted by Gasteiger charge is 2.02. The summed E-state index contributed by atoms with van der Waals surface area (Å²) in [5.74, 6) is 1.09. The Kier molecular flexibility index (Phi) is 6.55. The van der Waals surface area contributed by atoms with Crippen molar-refractivity contribution in [1.29, 1.82) is 0 Å². The smallest absolute Gasteiger partial charge is 0.277 e. The number of nitrogens with one attached hydrogen (secondary N) is 1. The summed E-state index contributed by atoms with van der Waals surface area (Å²) in [7, 11) is 0. The molecule has 5 heteroatoms. The molecule has 5 nitrogen and oxygen atoms in total. The SMILES string of the molecule is O=C(COc1ccc2ccccc2c1)NN=Cc1ccc(OCc2ccccc2)cc1. The lowest BCUT2D eigenvalue weighted by Gasteiger charge is -2.07. The average molecular weight is 410 g/mol. The molecule has 0 fully saturated rings. The summed E-state index contributed by atoms with van der Waals surface area (Å²) in [6.45, 7) is 0.406. The number of fused-ring (bicyclic) bond motifs is 1. The van der Waals surface area contributed by atoms with Crippen LogP contribution in [-0.2, 0) is 11.4 Å². The van der Waals surface area contributed by atoms with Gasteiger partial charge in [0.1, 0.15) is 18.1 Å². The molecule has 154 valence electrons. The Labute approximate surface area is 180 Å². The van der Waals surface area contributed by atoms with E-state index in [9.17, 15) is 4.79 Å². The Morgan fingerprint density at radius 1 is 0.774 bits per heavy atom. The minimum atomic E-state index is -0.327. The Morgan fingerprint density at radius 3 is 2.29 bits per heavy atom. The maximum atomic E-state index is 12.0. The molecule has 0 aliphatic rings. The van der Waals surface area contributed by atoms with Crippen LogP contribution in [0.4, 0.5) is 0 Å². The lowest BCUT2D eigenvalue weighted by molar-refractivity contribution is -0.123. The highest BCUT2D eigenvalue weighted by atomic mass is 16.5. The van der Waals surface area contributed by atoms with E-state index in [2.05, 4.69) is 10.5 Å². The molecule has 0 aliphatic heterocycles. The van der Waals surface area contributed by atoms with Crippen molar-refractivity contribution in [2.45, 2.75) is 6.61 Å². The minimum absolute atomic E-state index is 0.109. The largest absolute Gasteiger partial charge is 0.489 e. The molecule has 4 aromatic rings. The number of rotatable bonds is 8. The van der Waals surface area contributed by atoms with Crippen LogP contribution < -0.4 is 14.9 Å². The van der Waals surface area contributed by atoms with E-state index >= 15 is 0 Å². The van der Waals surface area contributed by atoms with Crippen molar-refractivity contribution >= 4 is 22.9 Å². The van der Waals surface area contributed by atoms with E-state index in [0.29, 0.717) is 12.4 Å². The van der Waals surface area contributed by atoms with Crippen LogP contribution in [0.15, 0.2) is 102 Å². The van der Waals surface area contributed by atoms with Crippen molar-refractivity contribution in [3.63, 3.8) is 0 Å². The second kappa shape index (κ2) is 10.1. The van der Waals surface area contributed by atoms with Gasteiger partial charge in [0.2, 0.25) is 0 Å². The third-order valence-corrected chi connectivity index (χ3v) is 4.62. The predicted octanol–water partition coefficient (Wildman–Crippen LogP) is 4.95. The van der Waals surface area contributed by atoms with E-state index in [1.807, 2.05) is 97.1 Å². The third-order valence-electron chi connectivity index (χ3n) is 4.62. The molecule has 1 amide bonds. The van der Waals surface area contributed by atoms with Gasteiger partial charge in [-0.25, -0.2) is 5.43 Å². The molecule has 0 saturated carbocycles. The van der Waals surface area contributed by atoms with E-state index in [1.165, 1.54) is 0 Å². The number of benzene rings is 4. The first-order chi connectivity index (χ1) is 15.3. The van der Waals surface area contributed by atoms with E-state index in [1.54, 1.807) is 6.21 Å². The summed E-state index contributed by atoms with van der Waals surface area (Å²) in [4.78, 5) is 12.0. The fraction of sp³-hybridized carbons (Fsp3) is 0.0769. The molecule has 0 aromatic heterocycles. The van der Waals surface area contributed by atoms with Gasteiger partial charge in [0.15, 0.2) is 6.61 Å². The molecule has 0 bridgehead atoms. The highest BCUT2D eigenvalue weighted by molar-refractivity contribution is 5.84. The number of amides is 1.